The Labute approximate surface area is 161 Å². The molecule has 2 atom stereocenters. The molecule has 0 radical (unpaired) electrons. The summed E-state index contributed by atoms with van der Waals surface area (Å²) in [5, 5.41) is 14.0. The fourth-order valence-corrected chi connectivity index (χ4v) is 3.97. The molecular formula is C20H18FN3O2S. The molecule has 2 aromatic rings. The third-order valence-corrected chi connectivity index (χ3v) is 5.69. The van der Waals surface area contributed by atoms with E-state index >= 15 is 0 Å². The molecule has 1 fully saturated rings. The maximum Gasteiger partial charge on any atom is 0.247 e. The minimum absolute atomic E-state index is 0.279. The van der Waals surface area contributed by atoms with E-state index in [9.17, 15) is 14.0 Å². The standard InChI is InChI=1S/C20H18FN3O2S/c1-12-6-7-13(10-22)8-16(12)23-19(25)17-11-27-18(20(26)24-17)9-14-4-2-3-5-15(14)21/h2-8,17-18H,9,11H2,1H3,(H,23,25)(H,24,26)/t17-,18+/m0/s1. The first-order chi connectivity index (χ1) is 13.0. The van der Waals surface area contributed by atoms with Gasteiger partial charge in [0.1, 0.15) is 11.9 Å². The molecule has 1 saturated heterocycles. The number of hydrogen-bond acceptors (Lipinski definition) is 4. The van der Waals surface area contributed by atoms with Crippen LogP contribution in [-0.2, 0) is 16.0 Å². The molecule has 5 nitrogen and oxygen atoms in total. The zero-order chi connectivity index (χ0) is 19.4. The van der Waals surface area contributed by atoms with Gasteiger partial charge in [0.05, 0.1) is 16.9 Å². The number of aryl methyl sites for hydroxylation is 1. The Balaban J connectivity index is 1.62. The number of benzene rings is 2. The van der Waals surface area contributed by atoms with Crippen molar-refractivity contribution in [3.63, 3.8) is 0 Å². The van der Waals surface area contributed by atoms with Crippen molar-refractivity contribution < 1.29 is 14.0 Å². The lowest BCUT2D eigenvalue weighted by Crippen LogP contribution is -2.52. The number of halogens is 1. The number of carbonyl (C=O) groups excluding carboxylic acids is 2. The summed E-state index contributed by atoms with van der Waals surface area (Å²) in [5.74, 6) is -0.553. The summed E-state index contributed by atoms with van der Waals surface area (Å²) in [5.41, 5.74) is 2.31. The maximum atomic E-state index is 13.8. The second kappa shape index (κ2) is 8.23. The Kier molecular flexibility index (Phi) is 5.77. The van der Waals surface area contributed by atoms with Gasteiger partial charge < -0.3 is 10.6 Å². The van der Waals surface area contributed by atoms with Crippen LogP contribution in [0.3, 0.4) is 0 Å². The lowest BCUT2D eigenvalue weighted by Gasteiger charge is -2.28. The topological polar surface area (TPSA) is 82.0 Å². The molecule has 1 heterocycles. The number of rotatable bonds is 4. The van der Waals surface area contributed by atoms with Crippen molar-refractivity contribution in [1.29, 1.82) is 5.26 Å². The third kappa shape index (κ3) is 4.47. The summed E-state index contributed by atoms with van der Waals surface area (Å²) < 4.78 is 13.8. The Bertz CT molecular complexity index is 926. The Morgan fingerprint density at radius 3 is 2.85 bits per heavy atom. The Hall–Kier alpha value is -2.85. The predicted octanol–water partition coefficient (Wildman–Crippen LogP) is 2.79. The van der Waals surface area contributed by atoms with E-state index in [2.05, 4.69) is 10.6 Å². The molecule has 0 aliphatic carbocycles. The first kappa shape index (κ1) is 18.9. The van der Waals surface area contributed by atoms with Crippen molar-refractivity contribution in [3.8, 4) is 6.07 Å². The smallest absolute Gasteiger partial charge is 0.247 e. The monoisotopic (exact) mass is 383 g/mol. The first-order valence-electron chi connectivity index (χ1n) is 8.45. The molecule has 138 valence electrons. The van der Waals surface area contributed by atoms with Crippen LogP contribution in [0.1, 0.15) is 16.7 Å². The van der Waals surface area contributed by atoms with Gasteiger partial charge in [0.25, 0.3) is 0 Å². The van der Waals surface area contributed by atoms with Crippen LogP contribution < -0.4 is 10.6 Å². The summed E-state index contributed by atoms with van der Waals surface area (Å²) >= 11 is 1.34. The van der Waals surface area contributed by atoms with Crippen LogP contribution in [0.2, 0.25) is 0 Å². The largest absolute Gasteiger partial charge is 0.343 e. The normalized spacial score (nSPS) is 19.1. The highest BCUT2D eigenvalue weighted by atomic mass is 32.2. The van der Waals surface area contributed by atoms with Crippen molar-refractivity contribution >= 4 is 29.3 Å². The number of hydrogen-bond donors (Lipinski definition) is 2. The van der Waals surface area contributed by atoms with Crippen LogP contribution in [0.15, 0.2) is 42.5 Å². The van der Waals surface area contributed by atoms with Crippen molar-refractivity contribution in [2.45, 2.75) is 24.6 Å². The summed E-state index contributed by atoms with van der Waals surface area (Å²) in [6, 6.07) is 12.8. The molecule has 0 unspecified atom stereocenters. The van der Waals surface area contributed by atoms with Gasteiger partial charge >= 0.3 is 0 Å². The highest BCUT2D eigenvalue weighted by Gasteiger charge is 2.33. The molecule has 27 heavy (non-hydrogen) atoms. The number of nitrogens with zero attached hydrogens (tertiary/aromatic N) is 1. The molecule has 0 saturated carbocycles. The Morgan fingerprint density at radius 1 is 1.37 bits per heavy atom. The van der Waals surface area contributed by atoms with Crippen molar-refractivity contribution in [2.75, 3.05) is 11.1 Å². The van der Waals surface area contributed by atoms with Gasteiger partial charge in [-0.15, -0.1) is 11.8 Å². The average molecular weight is 383 g/mol. The van der Waals surface area contributed by atoms with Gasteiger partial charge in [-0.1, -0.05) is 24.3 Å². The van der Waals surface area contributed by atoms with E-state index < -0.39 is 11.3 Å². The third-order valence-electron chi connectivity index (χ3n) is 4.38. The minimum atomic E-state index is -0.676. The van der Waals surface area contributed by atoms with Gasteiger partial charge in [0, 0.05) is 11.4 Å². The van der Waals surface area contributed by atoms with E-state index in [-0.39, 0.29) is 24.1 Å². The van der Waals surface area contributed by atoms with Crippen molar-refractivity contribution in [1.82, 2.24) is 5.32 Å². The molecule has 0 bridgehead atoms. The number of anilines is 1. The fraction of sp³-hybridized carbons (Fsp3) is 0.250. The van der Waals surface area contributed by atoms with E-state index in [1.165, 1.54) is 17.8 Å². The highest BCUT2D eigenvalue weighted by molar-refractivity contribution is 8.00. The molecule has 2 aromatic carbocycles. The second-order valence-electron chi connectivity index (χ2n) is 6.31. The van der Waals surface area contributed by atoms with Crippen LogP contribution >= 0.6 is 11.8 Å². The minimum Gasteiger partial charge on any atom is -0.343 e. The van der Waals surface area contributed by atoms with Gasteiger partial charge in [-0.2, -0.15) is 5.26 Å². The van der Waals surface area contributed by atoms with Gasteiger partial charge in [-0.05, 0) is 42.7 Å². The summed E-state index contributed by atoms with van der Waals surface area (Å²) in [6.07, 6.45) is 0.279. The zero-order valence-electron chi connectivity index (χ0n) is 14.7. The van der Waals surface area contributed by atoms with Gasteiger partial charge in [-0.25, -0.2) is 4.39 Å². The molecule has 0 aromatic heterocycles. The van der Waals surface area contributed by atoms with Gasteiger partial charge in [0.15, 0.2) is 0 Å². The van der Waals surface area contributed by atoms with Gasteiger partial charge in [0.2, 0.25) is 11.8 Å². The molecule has 7 heteroatoms. The SMILES string of the molecule is Cc1ccc(C#N)cc1NC(=O)[C@@H]1CS[C@H](Cc2ccccc2F)C(=O)N1. The maximum absolute atomic E-state index is 13.8. The zero-order valence-corrected chi connectivity index (χ0v) is 15.5. The van der Waals surface area contributed by atoms with E-state index in [0.717, 1.165) is 5.56 Å². The Morgan fingerprint density at radius 2 is 2.15 bits per heavy atom. The second-order valence-corrected chi connectivity index (χ2v) is 7.55. The van der Waals surface area contributed by atoms with E-state index in [4.69, 9.17) is 5.26 Å². The van der Waals surface area contributed by atoms with Gasteiger partial charge in [-0.3, -0.25) is 9.59 Å². The molecule has 3 rings (SSSR count). The number of nitrogens with one attached hydrogen (secondary N) is 2. The molecular weight excluding hydrogens is 365 g/mol. The lowest BCUT2D eigenvalue weighted by molar-refractivity contribution is -0.126. The summed E-state index contributed by atoms with van der Waals surface area (Å²) in [4.78, 5) is 24.9. The highest BCUT2D eigenvalue weighted by Crippen LogP contribution is 2.24. The van der Waals surface area contributed by atoms with Crippen molar-refractivity contribution in [3.05, 3.63) is 65.0 Å². The van der Waals surface area contributed by atoms with Crippen LogP contribution in [-0.4, -0.2) is 28.9 Å². The first-order valence-corrected chi connectivity index (χ1v) is 9.50. The van der Waals surface area contributed by atoms with E-state index in [0.29, 0.717) is 22.6 Å². The lowest BCUT2D eigenvalue weighted by atomic mass is 10.1. The number of thioether (sulfide) groups is 1. The summed E-state index contributed by atoms with van der Waals surface area (Å²) in [7, 11) is 0. The quantitative estimate of drug-likeness (QED) is 0.851. The molecule has 2 amide bonds. The molecule has 1 aliphatic heterocycles. The number of carbonyl (C=O) groups is 2. The van der Waals surface area contributed by atoms with Crippen molar-refractivity contribution in [2.24, 2.45) is 0 Å². The number of amides is 2. The predicted molar refractivity (Wildman–Crippen MR) is 103 cm³/mol. The van der Waals surface area contributed by atoms with E-state index in [1.807, 2.05) is 13.0 Å². The number of nitriles is 1. The van der Waals surface area contributed by atoms with Crippen LogP contribution in [0.5, 0.6) is 0 Å². The molecule has 0 spiro atoms. The average Bonchev–Trinajstić information content (AvgIpc) is 2.66. The van der Waals surface area contributed by atoms with Crippen LogP contribution in [0.25, 0.3) is 0 Å². The summed E-state index contributed by atoms with van der Waals surface area (Å²) in [6.45, 7) is 1.83. The van der Waals surface area contributed by atoms with Crippen LogP contribution in [0.4, 0.5) is 10.1 Å². The molecule has 2 N–H and O–H groups in total. The fourth-order valence-electron chi connectivity index (χ4n) is 2.80. The van der Waals surface area contributed by atoms with Crippen LogP contribution in [0, 0.1) is 24.1 Å². The van der Waals surface area contributed by atoms with E-state index in [1.54, 1.807) is 36.4 Å². The molecule has 1 aliphatic rings.